The SMILES string of the molecule is C/C=C(\C)F.CC.Cc1c(NC(=O)c2ccc(C3CC3)cc2F)cc(F)cc1-c1ncnc(N)c1OCCN(C)C(=O)OC(C)(C)C. The molecule has 3 aromatic rings. The Morgan fingerprint density at radius 1 is 1.13 bits per heavy atom. The van der Waals surface area contributed by atoms with Gasteiger partial charge in [-0.2, -0.15) is 0 Å². The van der Waals surface area contributed by atoms with E-state index in [0.29, 0.717) is 17.0 Å². The van der Waals surface area contributed by atoms with Crippen LogP contribution in [-0.4, -0.2) is 52.7 Å². The van der Waals surface area contributed by atoms with E-state index in [2.05, 4.69) is 15.3 Å². The van der Waals surface area contributed by atoms with Gasteiger partial charge in [-0.3, -0.25) is 4.79 Å². The van der Waals surface area contributed by atoms with E-state index in [0.717, 1.165) is 24.5 Å². The van der Waals surface area contributed by atoms with E-state index in [1.54, 1.807) is 47.7 Å². The quantitative estimate of drug-likeness (QED) is 0.249. The van der Waals surface area contributed by atoms with E-state index < -0.39 is 29.2 Å². The lowest BCUT2D eigenvalue weighted by Gasteiger charge is -2.24. The number of nitrogens with two attached hydrogens (primary N) is 1. The second kappa shape index (κ2) is 17.3. The molecule has 0 saturated heterocycles. The summed E-state index contributed by atoms with van der Waals surface area (Å²) in [6, 6.07) is 6.95. The molecule has 2 amide bonds. The number of nitrogens with one attached hydrogen (secondary N) is 1. The summed E-state index contributed by atoms with van der Waals surface area (Å²) < 4.78 is 52.0. The van der Waals surface area contributed by atoms with Crippen molar-refractivity contribution in [3.05, 3.63) is 76.9 Å². The number of hydrogen-bond acceptors (Lipinski definition) is 7. The molecular formula is C35H46F3N5O4. The van der Waals surface area contributed by atoms with E-state index in [1.807, 2.05) is 13.8 Å². The highest BCUT2D eigenvalue weighted by Crippen LogP contribution is 2.40. The monoisotopic (exact) mass is 657 g/mol. The van der Waals surface area contributed by atoms with Crippen LogP contribution in [0, 0.1) is 18.6 Å². The predicted octanol–water partition coefficient (Wildman–Crippen LogP) is 8.59. The van der Waals surface area contributed by atoms with E-state index in [1.165, 1.54) is 42.4 Å². The molecule has 9 nitrogen and oxygen atoms in total. The summed E-state index contributed by atoms with van der Waals surface area (Å²) in [6.07, 6.45) is 4.13. The Labute approximate surface area is 275 Å². The van der Waals surface area contributed by atoms with Gasteiger partial charge >= 0.3 is 6.09 Å². The summed E-state index contributed by atoms with van der Waals surface area (Å²) >= 11 is 0. The van der Waals surface area contributed by atoms with Crippen molar-refractivity contribution >= 4 is 23.5 Å². The Morgan fingerprint density at radius 2 is 1.77 bits per heavy atom. The lowest BCUT2D eigenvalue weighted by atomic mass is 10.0. The zero-order chi connectivity index (χ0) is 35.5. The van der Waals surface area contributed by atoms with E-state index in [-0.39, 0.29) is 47.5 Å². The maximum Gasteiger partial charge on any atom is 0.410 e. The molecule has 0 atom stereocenters. The van der Waals surface area contributed by atoms with Gasteiger partial charge in [0.25, 0.3) is 5.91 Å². The highest BCUT2D eigenvalue weighted by Gasteiger charge is 2.26. The molecule has 1 aliphatic carbocycles. The summed E-state index contributed by atoms with van der Waals surface area (Å²) in [5.74, 6) is -1.67. The average Bonchev–Trinajstić information content (AvgIpc) is 3.86. The lowest BCUT2D eigenvalue weighted by Crippen LogP contribution is -2.36. The lowest BCUT2D eigenvalue weighted by molar-refractivity contribution is 0.0278. The largest absolute Gasteiger partial charge is 0.486 e. The van der Waals surface area contributed by atoms with E-state index >= 15 is 0 Å². The second-order valence-corrected chi connectivity index (χ2v) is 11.7. The molecule has 1 fully saturated rings. The molecule has 0 unspecified atom stereocenters. The van der Waals surface area contributed by atoms with Gasteiger partial charge in [0.05, 0.1) is 17.9 Å². The maximum atomic E-state index is 14.8. The third-order valence-corrected chi connectivity index (χ3v) is 6.77. The number of allylic oxidation sites excluding steroid dienone is 2. The number of ether oxygens (including phenoxy) is 2. The number of benzene rings is 2. The molecule has 0 bridgehead atoms. The minimum Gasteiger partial charge on any atom is -0.486 e. The third kappa shape index (κ3) is 11.6. The van der Waals surface area contributed by atoms with E-state index in [9.17, 15) is 22.8 Å². The number of hydrogen-bond donors (Lipinski definition) is 2. The number of anilines is 2. The average molecular weight is 658 g/mol. The number of likely N-dealkylation sites (N-methyl/N-ethyl adjacent to an activating group) is 1. The smallest absolute Gasteiger partial charge is 0.410 e. The molecule has 1 heterocycles. The van der Waals surface area contributed by atoms with Crippen molar-refractivity contribution < 1.29 is 32.2 Å². The first kappa shape index (κ1) is 38.6. The number of nitrogen functional groups attached to an aromatic ring is 1. The van der Waals surface area contributed by atoms with Crippen molar-refractivity contribution in [2.45, 2.75) is 79.8 Å². The molecule has 3 N–H and O–H groups in total. The first-order chi connectivity index (χ1) is 22.1. The summed E-state index contributed by atoms with van der Waals surface area (Å²) in [4.78, 5) is 34.7. The minimum atomic E-state index is -0.705. The molecular weight excluding hydrogens is 611 g/mol. The number of halogens is 3. The summed E-state index contributed by atoms with van der Waals surface area (Å²) in [6.45, 7) is 14.2. The number of aromatic nitrogens is 2. The molecule has 1 aromatic heterocycles. The fourth-order valence-corrected chi connectivity index (χ4v) is 4.07. The standard InChI is InChI=1S/C29H33F2N5O4.C4H7F.C2H6/c1-16-21(24-25(26(32)34-15-33-24)39-11-10-36(5)28(38)40-29(2,3)4)13-19(30)14-23(16)35-27(37)20-9-8-18(12-22(20)31)17-6-7-17;1-3-4(2)5;1-2/h8-9,12-15,17H,6-7,10-11H2,1-5H3,(H,35,37)(H2,32,33,34);3H,1-2H3;1-2H3/b;4-3+;. The topological polar surface area (TPSA) is 120 Å². The molecule has 4 rings (SSSR count). The van der Waals surface area contributed by atoms with Crippen molar-refractivity contribution in [1.29, 1.82) is 0 Å². The number of nitrogens with zero attached hydrogens (tertiary/aromatic N) is 3. The van der Waals surface area contributed by atoms with Crippen LogP contribution < -0.4 is 15.8 Å². The number of carbonyl (C=O) groups is 2. The van der Waals surface area contributed by atoms with Crippen LogP contribution in [0.3, 0.4) is 0 Å². The van der Waals surface area contributed by atoms with Crippen LogP contribution in [0.4, 0.5) is 29.5 Å². The third-order valence-electron chi connectivity index (χ3n) is 6.77. The number of carbonyl (C=O) groups excluding carboxylic acids is 2. The van der Waals surface area contributed by atoms with Gasteiger partial charge in [0.2, 0.25) is 0 Å². The molecule has 2 aromatic carbocycles. The molecule has 0 radical (unpaired) electrons. The van der Waals surface area contributed by atoms with Gasteiger partial charge in [-0.15, -0.1) is 0 Å². The minimum absolute atomic E-state index is 0.0111. The molecule has 0 spiro atoms. The normalized spacial score (nSPS) is 12.6. The molecule has 12 heteroatoms. The summed E-state index contributed by atoms with van der Waals surface area (Å²) in [5, 5.41) is 2.61. The van der Waals surface area contributed by atoms with Crippen LogP contribution in [-0.2, 0) is 4.74 Å². The Bertz CT molecular complexity index is 1570. The zero-order valence-corrected chi connectivity index (χ0v) is 28.6. The van der Waals surface area contributed by atoms with Crippen molar-refractivity contribution in [2.75, 3.05) is 31.2 Å². The van der Waals surface area contributed by atoms with Crippen LogP contribution in [0.15, 0.2) is 48.6 Å². The van der Waals surface area contributed by atoms with Crippen LogP contribution in [0.1, 0.15) is 88.7 Å². The van der Waals surface area contributed by atoms with Crippen LogP contribution in [0.2, 0.25) is 0 Å². The molecule has 256 valence electrons. The highest BCUT2D eigenvalue weighted by atomic mass is 19.1. The van der Waals surface area contributed by atoms with Crippen molar-refractivity contribution in [3.63, 3.8) is 0 Å². The zero-order valence-electron chi connectivity index (χ0n) is 28.6. The van der Waals surface area contributed by atoms with Gasteiger partial charge in [-0.25, -0.2) is 27.9 Å². The van der Waals surface area contributed by atoms with Crippen LogP contribution >= 0.6 is 0 Å². The van der Waals surface area contributed by atoms with Gasteiger partial charge in [0, 0.05) is 18.3 Å². The fraction of sp³-hybridized carbons (Fsp3) is 0.429. The van der Waals surface area contributed by atoms with E-state index in [4.69, 9.17) is 15.2 Å². The first-order valence-corrected chi connectivity index (χ1v) is 15.5. The van der Waals surface area contributed by atoms with Gasteiger partial charge in [-0.1, -0.05) is 26.0 Å². The molecule has 1 saturated carbocycles. The van der Waals surface area contributed by atoms with Crippen LogP contribution in [0.5, 0.6) is 5.75 Å². The second-order valence-electron chi connectivity index (χ2n) is 11.7. The van der Waals surface area contributed by atoms with Crippen molar-refractivity contribution in [3.8, 4) is 17.0 Å². The van der Waals surface area contributed by atoms with Gasteiger partial charge in [-0.05, 0) is 95.7 Å². The van der Waals surface area contributed by atoms with Crippen molar-refractivity contribution in [1.82, 2.24) is 14.9 Å². The van der Waals surface area contributed by atoms with Crippen LogP contribution in [0.25, 0.3) is 11.3 Å². The Balaban J connectivity index is 0.00000100. The fourth-order valence-electron chi connectivity index (χ4n) is 4.07. The highest BCUT2D eigenvalue weighted by molar-refractivity contribution is 6.05. The number of rotatable bonds is 8. The Morgan fingerprint density at radius 3 is 2.32 bits per heavy atom. The Kier molecular flexibility index (Phi) is 14.2. The summed E-state index contributed by atoms with van der Waals surface area (Å²) in [5.41, 5.74) is 7.23. The Hall–Kier alpha value is -4.61. The van der Waals surface area contributed by atoms with Gasteiger partial charge < -0.3 is 25.4 Å². The molecule has 1 aliphatic rings. The molecule has 47 heavy (non-hydrogen) atoms. The van der Waals surface area contributed by atoms with Gasteiger partial charge in [0.15, 0.2) is 11.6 Å². The maximum absolute atomic E-state index is 14.8. The van der Waals surface area contributed by atoms with Gasteiger partial charge in [0.1, 0.15) is 35.9 Å². The molecule has 0 aliphatic heterocycles. The number of amides is 2. The summed E-state index contributed by atoms with van der Waals surface area (Å²) in [7, 11) is 1.57. The first-order valence-electron chi connectivity index (χ1n) is 15.5. The van der Waals surface area contributed by atoms with Crippen molar-refractivity contribution in [2.24, 2.45) is 0 Å². The predicted molar refractivity (Wildman–Crippen MR) is 179 cm³/mol.